The molecule has 5 rings (SSSR count). The van der Waals surface area contributed by atoms with Gasteiger partial charge in [-0.1, -0.05) is 12.1 Å². The second-order valence-corrected chi connectivity index (χ2v) is 11.0. The van der Waals surface area contributed by atoms with Crippen molar-refractivity contribution in [1.29, 1.82) is 0 Å². The number of nitrogens with one attached hydrogen (secondary N) is 3. The Morgan fingerprint density at radius 1 is 1.11 bits per heavy atom. The molecule has 1 saturated heterocycles. The summed E-state index contributed by atoms with van der Waals surface area (Å²) in [5, 5.41) is 8.62. The van der Waals surface area contributed by atoms with Crippen molar-refractivity contribution in [2.75, 3.05) is 67.9 Å². The maximum Gasteiger partial charge on any atom is 0.421 e. The third-order valence-electron chi connectivity index (χ3n) is 7.83. The second kappa shape index (κ2) is 12.2. The molecule has 1 fully saturated rings. The van der Waals surface area contributed by atoms with E-state index in [9.17, 15) is 22.8 Å². The van der Waals surface area contributed by atoms with E-state index in [1.165, 1.54) is 14.2 Å². The fourth-order valence-corrected chi connectivity index (χ4v) is 5.47. The highest BCUT2D eigenvalue weighted by Gasteiger charge is 2.40. The molecule has 234 valence electrons. The Morgan fingerprint density at radius 2 is 1.86 bits per heavy atom. The predicted molar refractivity (Wildman–Crippen MR) is 159 cm³/mol. The Labute approximate surface area is 252 Å². The van der Waals surface area contributed by atoms with E-state index in [4.69, 9.17) is 9.47 Å². The van der Waals surface area contributed by atoms with Gasteiger partial charge < -0.3 is 35.2 Å². The Kier molecular flexibility index (Phi) is 8.55. The standard InChI is InChI=1S/C30H34F3N7O4/c1-29(2)25-18(6-5-7-22(25)36-27(29)42)15-34-26-20(30(31,32)33)16-35-28(38-26)37-21-9-8-19(14-23(21)44-4)39-10-12-40(13-11-39)24(41)17-43-3/h5-9,14,16H,10-13,15,17H2,1-4H3,(H,36,42)(H2,34,35,37,38). The molecule has 1 aromatic heterocycles. The van der Waals surface area contributed by atoms with Gasteiger partial charge in [0.15, 0.2) is 0 Å². The van der Waals surface area contributed by atoms with Gasteiger partial charge in [0.1, 0.15) is 23.7 Å². The molecule has 0 saturated carbocycles. The third-order valence-corrected chi connectivity index (χ3v) is 7.83. The zero-order valence-electron chi connectivity index (χ0n) is 24.8. The maximum atomic E-state index is 13.9. The minimum absolute atomic E-state index is 0.00342. The first-order valence-corrected chi connectivity index (χ1v) is 14.0. The fourth-order valence-electron chi connectivity index (χ4n) is 5.47. The summed E-state index contributed by atoms with van der Waals surface area (Å²) in [6.45, 7) is 5.93. The Morgan fingerprint density at radius 3 is 2.55 bits per heavy atom. The smallest absolute Gasteiger partial charge is 0.421 e. The minimum atomic E-state index is -4.70. The largest absolute Gasteiger partial charge is 0.494 e. The summed E-state index contributed by atoms with van der Waals surface area (Å²) < 4.78 is 52.3. The van der Waals surface area contributed by atoms with Gasteiger partial charge in [0.05, 0.1) is 18.2 Å². The topological polar surface area (TPSA) is 121 Å². The average Bonchev–Trinajstić information content (AvgIpc) is 3.23. The van der Waals surface area contributed by atoms with Crippen molar-refractivity contribution in [2.45, 2.75) is 32.0 Å². The lowest BCUT2D eigenvalue weighted by atomic mass is 9.83. The van der Waals surface area contributed by atoms with E-state index in [0.29, 0.717) is 48.9 Å². The van der Waals surface area contributed by atoms with E-state index in [1.807, 2.05) is 12.1 Å². The van der Waals surface area contributed by atoms with Crippen LogP contribution in [0.4, 0.5) is 42.0 Å². The Bertz CT molecular complexity index is 1560. The molecule has 0 bridgehead atoms. The summed E-state index contributed by atoms with van der Waals surface area (Å²) in [5.41, 5.74) is 1.51. The number of hydrogen-bond donors (Lipinski definition) is 3. The van der Waals surface area contributed by atoms with Crippen LogP contribution in [-0.4, -0.2) is 73.7 Å². The van der Waals surface area contributed by atoms with Crippen molar-refractivity contribution in [3.8, 4) is 5.75 Å². The molecule has 2 amide bonds. The van der Waals surface area contributed by atoms with Crippen LogP contribution in [0.5, 0.6) is 5.75 Å². The first-order chi connectivity index (χ1) is 20.9. The van der Waals surface area contributed by atoms with Crippen LogP contribution in [0.15, 0.2) is 42.6 Å². The summed E-state index contributed by atoms with van der Waals surface area (Å²) in [6, 6.07) is 10.7. The quantitative estimate of drug-likeness (QED) is 0.323. The summed E-state index contributed by atoms with van der Waals surface area (Å²) in [5.74, 6) is -0.258. The number of benzene rings is 2. The van der Waals surface area contributed by atoms with E-state index in [1.54, 1.807) is 43.0 Å². The molecular formula is C30H34F3N7O4. The van der Waals surface area contributed by atoms with Crippen molar-refractivity contribution in [1.82, 2.24) is 14.9 Å². The van der Waals surface area contributed by atoms with E-state index in [2.05, 4.69) is 30.8 Å². The number of alkyl halides is 3. The van der Waals surface area contributed by atoms with E-state index in [-0.39, 0.29) is 30.9 Å². The van der Waals surface area contributed by atoms with Gasteiger partial charge in [-0.05, 0) is 43.2 Å². The van der Waals surface area contributed by atoms with E-state index < -0.39 is 23.0 Å². The molecule has 2 aliphatic heterocycles. The highest BCUT2D eigenvalue weighted by Crippen LogP contribution is 2.41. The van der Waals surface area contributed by atoms with Gasteiger partial charge in [-0.15, -0.1) is 0 Å². The molecule has 0 aliphatic carbocycles. The number of anilines is 5. The number of carbonyl (C=O) groups is 2. The van der Waals surface area contributed by atoms with Crippen molar-refractivity contribution in [3.05, 3.63) is 59.3 Å². The number of aromatic nitrogens is 2. The van der Waals surface area contributed by atoms with Crippen LogP contribution in [0.3, 0.4) is 0 Å². The van der Waals surface area contributed by atoms with Crippen molar-refractivity contribution >= 4 is 40.6 Å². The molecule has 11 nitrogen and oxygen atoms in total. The molecule has 3 N–H and O–H groups in total. The molecule has 2 aromatic carbocycles. The Balaban J connectivity index is 1.34. The molecular weight excluding hydrogens is 579 g/mol. The van der Waals surface area contributed by atoms with E-state index in [0.717, 1.165) is 17.4 Å². The number of carbonyl (C=O) groups excluding carboxylic acids is 2. The maximum absolute atomic E-state index is 13.9. The zero-order chi connectivity index (χ0) is 31.6. The lowest BCUT2D eigenvalue weighted by molar-refractivity contribution is -0.137. The first kappa shape index (κ1) is 30.9. The van der Waals surface area contributed by atoms with Gasteiger partial charge in [-0.2, -0.15) is 18.2 Å². The summed E-state index contributed by atoms with van der Waals surface area (Å²) in [4.78, 5) is 36.5. The molecule has 14 heteroatoms. The number of nitrogens with zero attached hydrogens (tertiary/aromatic N) is 4. The molecule has 44 heavy (non-hydrogen) atoms. The average molecular weight is 614 g/mol. The van der Waals surface area contributed by atoms with Crippen LogP contribution in [0.2, 0.25) is 0 Å². The van der Waals surface area contributed by atoms with Crippen LogP contribution in [0.25, 0.3) is 0 Å². The highest BCUT2D eigenvalue weighted by atomic mass is 19.4. The number of methoxy groups -OCH3 is 2. The molecule has 2 aliphatic rings. The number of halogens is 3. The number of fused-ring (bicyclic) bond motifs is 1. The van der Waals surface area contributed by atoms with Crippen LogP contribution in [0.1, 0.15) is 30.5 Å². The molecule has 0 spiro atoms. The van der Waals surface area contributed by atoms with Gasteiger partial charge in [-0.25, -0.2) is 4.98 Å². The second-order valence-electron chi connectivity index (χ2n) is 11.0. The molecule has 0 radical (unpaired) electrons. The molecule has 3 heterocycles. The van der Waals surface area contributed by atoms with E-state index >= 15 is 0 Å². The van der Waals surface area contributed by atoms with Gasteiger partial charge in [0.2, 0.25) is 17.8 Å². The number of piperazine rings is 1. The number of amides is 2. The van der Waals surface area contributed by atoms with Crippen molar-refractivity contribution in [3.63, 3.8) is 0 Å². The molecule has 3 aromatic rings. The normalized spacial score (nSPS) is 15.9. The van der Waals surface area contributed by atoms with Crippen LogP contribution in [0, 0.1) is 0 Å². The number of hydrogen-bond acceptors (Lipinski definition) is 9. The SMILES string of the molecule is COCC(=O)N1CCN(c2ccc(Nc3ncc(C(F)(F)F)c(NCc4cccc5c4C(C)(C)C(=O)N5)n3)c(OC)c2)CC1. The van der Waals surface area contributed by atoms with Crippen molar-refractivity contribution in [2.24, 2.45) is 0 Å². The number of rotatable bonds is 9. The van der Waals surface area contributed by atoms with Gasteiger partial charge in [0.25, 0.3) is 0 Å². The third kappa shape index (κ3) is 6.20. The first-order valence-electron chi connectivity index (χ1n) is 14.0. The van der Waals surface area contributed by atoms with Crippen molar-refractivity contribution < 1.29 is 32.2 Å². The zero-order valence-corrected chi connectivity index (χ0v) is 24.8. The molecule has 0 unspecified atom stereocenters. The van der Waals surface area contributed by atoms with Crippen LogP contribution in [-0.2, 0) is 32.5 Å². The Hall–Kier alpha value is -4.59. The lowest BCUT2D eigenvalue weighted by Crippen LogP contribution is -2.49. The van der Waals surface area contributed by atoms with Gasteiger partial charge >= 0.3 is 6.18 Å². The number of ether oxygens (including phenoxy) is 2. The highest BCUT2D eigenvalue weighted by molar-refractivity contribution is 6.06. The van der Waals surface area contributed by atoms with Gasteiger partial charge in [-0.3, -0.25) is 9.59 Å². The fraction of sp³-hybridized carbons (Fsp3) is 0.400. The summed E-state index contributed by atoms with van der Waals surface area (Å²) in [7, 11) is 2.98. The predicted octanol–water partition coefficient (Wildman–Crippen LogP) is 4.38. The minimum Gasteiger partial charge on any atom is -0.494 e. The summed E-state index contributed by atoms with van der Waals surface area (Å²) in [6.07, 6.45) is -3.97. The lowest BCUT2D eigenvalue weighted by Gasteiger charge is -2.36. The van der Waals surface area contributed by atoms with Crippen LogP contribution < -0.4 is 25.6 Å². The van der Waals surface area contributed by atoms with Gasteiger partial charge in [0, 0.05) is 63.5 Å². The van der Waals surface area contributed by atoms with Crippen LogP contribution >= 0.6 is 0 Å². The summed E-state index contributed by atoms with van der Waals surface area (Å²) >= 11 is 0. The monoisotopic (exact) mass is 613 g/mol. The molecule has 0 atom stereocenters.